The Morgan fingerprint density at radius 3 is 2.97 bits per heavy atom. The van der Waals surface area contributed by atoms with Gasteiger partial charge >= 0.3 is 0 Å². The third-order valence-corrected chi connectivity index (χ3v) is 5.16. The Morgan fingerprint density at radius 1 is 1.28 bits per heavy atom. The van der Waals surface area contributed by atoms with Gasteiger partial charge in [0.15, 0.2) is 0 Å². The fraction of sp³-hybridized carbons (Fsp3) is 0.348. The molecule has 4 rings (SSSR count). The molecule has 1 aliphatic heterocycles. The van der Waals surface area contributed by atoms with Crippen molar-refractivity contribution in [2.75, 3.05) is 29.9 Å². The fourth-order valence-corrected chi connectivity index (χ4v) is 3.87. The summed E-state index contributed by atoms with van der Waals surface area (Å²) >= 11 is 0. The van der Waals surface area contributed by atoms with Crippen LogP contribution in [0.4, 0.5) is 11.4 Å². The zero-order chi connectivity index (χ0) is 20.2. The average molecular weight is 390 g/mol. The molecular weight excluding hydrogens is 364 g/mol. The van der Waals surface area contributed by atoms with Crippen molar-refractivity contribution < 1.29 is 9.53 Å². The Balaban J connectivity index is 1.54. The van der Waals surface area contributed by atoms with Crippen molar-refractivity contribution in [1.29, 1.82) is 0 Å². The van der Waals surface area contributed by atoms with Crippen molar-refractivity contribution >= 4 is 28.2 Å². The van der Waals surface area contributed by atoms with Gasteiger partial charge in [-0.05, 0) is 56.7 Å². The number of aromatic nitrogens is 2. The van der Waals surface area contributed by atoms with Crippen LogP contribution in [0.1, 0.15) is 24.7 Å². The van der Waals surface area contributed by atoms with E-state index >= 15 is 0 Å². The van der Waals surface area contributed by atoms with Crippen molar-refractivity contribution in [2.45, 2.75) is 32.8 Å². The lowest BCUT2D eigenvalue weighted by Gasteiger charge is -2.21. The van der Waals surface area contributed by atoms with Gasteiger partial charge in [0.1, 0.15) is 0 Å². The number of aryl methyl sites for hydroxylation is 1. The molecule has 3 aromatic rings. The SMILES string of the molecule is CCO[C@H]1CCN(c2cc(C)nc3cc(NC(=O)Cc4ccccn4)ccc23)C1. The molecule has 0 aliphatic carbocycles. The summed E-state index contributed by atoms with van der Waals surface area (Å²) < 4.78 is 5.80. The van der Waals surface area contributed by atoms with Crippen LogP contribution in [0.2, 0.25) is 0 Å². The van der Waals surface area contributed by atoms with E-state index in [0.717, 1.165) is 54.1 Å². The Kier molecular flexibility index (Phi) is 5.71. The lowest BCUT2D eigenvalue weighted by molar-refractivity contribution is -0.115. The Morgan fingerprint density at radius 2 is 2.17 bits per heavy atom. The molecule has 1 atom stereocenters. The number of carbonyl (C=O) groups excluding carboxylic acids is 1. The van der Waals surface area contributed by atoms with E-state index in [4.69, 9.17) is 9.72 Å². The molecule has 1 fully saturated rings. The van der Waals surface area contributed by atoms with Crippen LogP contribution in [-0.2, 0) is 16.0 Å². The summed E-state index contributed by atoms with van der Waals surface area (Å²) in [5.74, 6) is -0.0879. The molecule has 6 heteroatoms. The van der Waals surface area contributed by atoms with Gasteiger partial charge in [0, 0.05) is 54.0 Å². The molecule has 0 bridgehead atoms. The number of nitrogens with one attached hydrogen (secondary N) is 1. The largest absolute Gasteiger partial charge is 0.377 e. The number of fused-ring (bicyclic) bond motifs is 1. The second-order valence-corrected chi connectivity index (χ2v) is 7.37. The van der Waals surface area contributed by atoms with E-state index in [-0.39, 0.29) is 18.4 Å². The topological polar surface area (TPSA) is 67.3 Å². The van der Waals surface area contributed by atoms with E-state index in [2.05, 4.69) is 21.3 Å². The number of carbonyl (C=O) groups is 1. The molecule has 1 aromatic carbocycles. The monoisotopic (exact) mass is 390 g/mol. The molecule has 0 saturated carbocycles. The standard InChI is InChI=1S/C23H26N4O2/c1-3-29-19-9-11-27(15-19)22-12-16(2)25-21-13-18(7-8-20(21)22)26-23(28)14-17-6-4-5-10-24-17/h4-8,10,12-13,19H,3,9,11,14-15H2,1-2H3,(H,26,28)/t19-/m0/s1. The van der Waals surface area contributed by atoms with Gasteiger partial charge in [-0.25, -0.2) is 0 Å². The highest BCUT2D eigenvalue weighted by molar-refractivity contribution is 5.98. The van der Waals surface area contributed by atoms with E-state index < -0.39 is 0 Å². The summed E-state index contributed by atoms with van der Waals surface area (Å²) in [4.78, 5) is 23.6. The first-order valence-corrected chi connectivity index (χ1v) is 10.1. The molecule has 2 aromatic heterocycles. The van der Waals surface area contributed by atoms with Gasteiger partial charge in [-0.2, -0.15) is 0 Å². The van der Waals surface area contributed by atoms with Crippen molar-refractivity contribution in [1.82, 2.24) is 9.97 Å². The lowest BCUT2D eigenvalue weighted by atomic mass is 10.1. The molecule has 1 aliphatic rings. The summed E-state index contributed by atoms with van der Waals surface area (Å²) in [6.07, 6.45) is 3.27. The zero-order valence-electron chi connectivity index (χ0n) is 16.9. The first kappa shape index (κ1) is 19.3. The number of hydrogen-bond acceptors (Lipinski definition) is 5. The first-order valence-electron chi connectivity index (χ1n) is 10.1. The van der Waals surface area contributed by atoms with E-state index in [1.54, 1.807) is 6.20 Å². The maximum atomic E-state index is 12.4. The molecule has 0 unspecified atom stereocenters. The fourth-order valence-electron chi connectivity index (χ4n) is 3.87. The predicted octanol–water partition coefficient (Wildman–Crippen LogP) is 3.73. The number of pyridine rings is 2. The van der Waals surface area contributed by atoms with Gasteiger partial charge in [0.25, 0.3) is 0 Å². The number of ether oxygens (including phenoxy) is 1. The number of benzene rings is 1. The second-order valence-electron chi connectivity index (χ2n) is 7.37. The predicted molar refractivity (Wildman–Crippen MR) is 115 cm³/mol. The molecule has 29 heavy (non-hydrogen) atoms. The average Bonchev–Trinajstić information content (AvgIpc) is 3.16. The van der Waals surface area contributed by atoms with Crippen LogP contribution in [0.25, 0.3) is 10.9 Å². The lowest BCUT2D eigenvalue weighted by Crippen LogP contribution is -2.23. The number of nitrogens with zero attached hydrogens (tertiary/aromatic N) is 3. The Labute approximate surface area is 170 Å². The number of hydrogen-bond donors (Lipinski definition) is 1. The van der Waals surface area contributed by atoms with E-state index in [1.165, 1.54) is 5.69 Å². The molecule has 150 valence electrons. The molecule has 1 amide bonds. The minimum Gasteiger partial charge on any atom is -0.377 e. The van der Waals surface area contributed by atoms with Gasteiger partial charge in [0.2, 0.25) is 5.91 Å². The normalized spacial score (nSPS) is 16.3. The minimum atomic E-state index is -0.0879. The van der Waals surface area contributed by atoms with Gasteiger partial charge in [-0.3, -0.25) is 14.8 Å². The van der Waals surface area contributed by atoms with Crippen LogP contribution in [0.3, 0.4) is 0 Å². The number of amides is 1. The summed E-state index contributed by atoms with van der Waals surface area (Å²) in [6.45, 7) is 6.67. The quantitative estimate of drug-likeness (QED) is 0.695. The summed E-state index contributed by atoms with van der Waals surface area (Å²) in [7, 11) is 0. The number of anilines is 2. The van der Waals surface area contributed by atoms with Gasteiger partial charge in [-0.15, -0.1) is 0 Å². The molecular formula is C23H26N4O2. The van der Waals surface area contributed by atoms with Crippen LogP contribution in [0.5, 0.6) is 0 Å². The third-order valence-electron chi connectivity index (χ3n) is 5.16. The third kappa shape index (κ3) is 4.54. The van der Waals surface area contributed by atoms with Crippen LogP contribution < -0.4 is 10.2 Å². The van der Waals surface area contributed by atoms with Crippen molar-refractivity contribution in [3.8, 4) is 0 Å². The maximum Gasteiger partial charge on any atom is 0.230 e. The van der Waals surface area contributed by atoms with Crippen LogP contribution in [-0.4, -0.2) is 41.7 Å². The highest BCUT2D eigenvalue weighted by atomic mass is 16.5. The van der Waals surface area contributed by atoms with Crippen LogP contribution >= 0.6 is 0 Å². The second kappa shape index (κ2) is 8.57. The number of rotatable bonds is 6. The highest BCUT2D eigenvalue weighted by Gasteiger charge is 2.24. The van der Waals surface area contributed by atoms with Gasteiger partial charge in [0.05, 0.1) is 18.0 Å². The summed E-state index contributed by atoms with van der Waals surface area (Å²) in [5, 5.41) is 4.06. The van der Waals surface area contributed by atoms with Gasteiger partial charge < -0.3 is 15.0 Å². The Hall–Kier alpha value is -2.99. The molecule has 1 saturated heterocycles. The van der Waals surface area contributed by atoms with Gasteiger partial charge in [-0.1, -0.05) is 6.07 Å². The summed E-state index contributed by atoms with van der Waals surface area (Å²) in [6, 6.07) is 13.6. The van der Waals surface area contributed by atoms with Crippen molar-refractivity contribution in [3.63, 3.8) is 0 Å². The summed E-state index contributed by atoms with van der Waals surface area (Å²) in [5.41, 5.74) is 4.52. The van der Waals surface area contributed by atoms with Crippen LogP contribution in [0.15, 0.2) is 48.7 Å². The molecule has 1 N–H and O–H groups in total. The molecule has 6 nitrogen and oxygen atoms in total. The zero-order valence-corrected chi connectivity index (χ0v) is 16.9. The van der Waals surface area contributed by atoms with Crippen LogP contribution in [0, 0.1) is 6.92 Å². The van der Waals surface area contributed by atoms with E-state index in [1.807, 2.05) is 50.2 Å². The minimum absolute atomic E-state index is 0.0879. The molecule has 0 radical (unpaired) electrons. The van der Waals surface area contributed by atoms with E-state index in [0.29, 0.717) is 0 Å². The van der Waals surface area contributed by atoms with E-state index in [9.17, 15) is 4.79 Å². The van der Waals surface area contributed by atoms with Crippen molar-refractivity contribution in [2.24, 2.45) is 0 Å². The molecule has 3 heterocycles. The highest BCUT2D eigenvalue weighted by Crippen LogP contribution is 2.31. The smallest absolute Gasteiger partial charge is 0.230 e. The molecule has 0 spiro atoms. The maximum absolute atomic E-state index is 12.4. The van der Waals surface area contributed by atoms with Crippen molar-refractivity contribution in [3.05, 3.63) is 60.0 Å². The first-order chi connectivity index (χ1) is 14.1. The Bertz CT molecular complexity index is 1010.